The Balaban J connectivity index is 1.93. The summed E-state index contributed by atoms with van der Waals surface area (Å²) in [6.07, 6.45) is -25.5. The highest BCUT2D eigenvalue weighted by molar-refractivity contribution is 5.68. The summed E-state index contributed by atoms with van der Waals surface area (Å²) in [4.78, 5) is 3.11. The SMILES string of the molecule is Cc1cc(CCC(F)(F)C(F)(F)C(F)(F)C(F)(F)C(F)(F)C(F)(F)C(F)(F)C(F)(F)F)cc(C)c1N1CCN(c2c(C)cc(CCC(F)(F)C(F)(F)C(F)(F)C(F)(F)C(F)(F)C(F)(F)C(F)(F)C(F)(F)F)cc2C)C1C(C)C. The molecule has 1 aliphatic rings. The van der Waals surface area contributed by atoms with E-state index in [2.05, 4.69) is 0 Å². The lowest BCUT2D eigenvalue weighted by Crippen LogP contribution is -2.74. The molecule has 3 rings (SSSR count). The van der Waals surface area contributed by atoms with E-state index in [1.165, 1.54) is 27.7 Å². The molecular weight excluding hydrogens is 1180 g/mol. The molecule has 2 aromatic rings. The van der Waals surface area contributed by atoms with Crippen LogP contribution in [-0.2, 0) is 12.8 Å². The van der Waals surface area contributed by atoms with Crippen LogP contribution in [-0.4, -0.2) is 115 Å². The number of hydrogen-bond acceptors (Lipinski definition) is 2. The Bertz CT molecular complexity index is 2270. The van der Waals surface area contributed by atoms with Crippen molar-refractivity contribution in [1.82, 2.24) is 0 Å². The van der Waals surface area contributed by atoms with Crippen LogP contribution in [0, 0.1) is 33.6 Å². The molecule has 1 heterocycles. The smallest absolute Gasteiger partial charge is 0.349 e. The maximum atomic E-state index is 14.8. The van der Waals surface area contributed by atoms with Crippen molar-refractivity contribution in [3.63, 3.8) is 0 Å². The third-order valence-electron chi connectivity index (χ3n) is 12.5. The molecule has 0 spiro atoms. The molecule has 0 bridgehead atoms. The van der Waals surface area contributed by atoms with Gasteiger partial charge < -0.3 is 9.80 Å². The van der Waals surface area contributed by atoms with Crippen LogP contribution in [0.3, 0.4) is 0 Å². The second-order valence-corrected chi connectivity index (χ2v) is 18.5. The number of hydrogen-bond donors (Lipinski definition) is 0. The van der Waals surface area contributed by atoms with E-state index >= 15 is 0 Å². The van der Waals surface area contributed by atoms with Crippen molar-refractivity contribution in [2.45, 2.75) is 169 Å². The van der Waals surface area contributed by atoms with Crippen LogP contribution in [0.4, 0.5) is 161 Å². The van der Waals surface area contributed by atoms with Crippen molar-refractivity contribution in [3.8, 4) is 0 Å². The molecule has 452 valence electrons. The largest absolute Gasteiger partial charge is 0.460 e. The van der Waals surface area contributed by atoms with Crippen LogP contribution in [0.25, 0.3) is 0 Å². The number of benzene rings is 2. The molecule has 2 aromatic carbocycles. The number of nitrogens with zero attached hydrogens (tertiary/aromatic N) is 2. The first-order chi connectivity index (χ1) is 34.1. The lowest BCUT2D eigenvalue weighted by molar-refractivity contribution is -0.461. The fourth-order valence-corrected chi connectivity index (χ4v) is 8.45. The van der Waals surface area contributed by atoms with Crippen LogP contribution in [0.5, 0.6) is 0 Å². The van der Waals surface area contributed by atoms with Crippen LogP contribution in [0.1, 0.15) is 60.1 Å². The molecule has 0 N–H and O–H groups in total. The van der Waals surface area contributed by atoms with Crippen molar-refractivity contribution in [2.24, 2.45) is 5.92 Å². The Morgan fingerprint density at radius 3 is 0.718 bits per heavy atom. The Morgan fingerprint density at radius 1 is 0.333 bits per heavy atom. The second kappa shape index (κ2) is 19.7. The second-order valence-electron chi connectivity index (χ2n) is 18.5. The van der Waals surface area contributed by atoms with E-state index in [-0.39, 0.29) is 46.7 Å². The maximum Gasteiger partial charge on any atom is 0.460 e. The summed E-state index contributed by atoms with van der Waals surface area (Å²) in [6, 6.07) is 3.52. The van der Waals surface area contributed by atoms with Gasteiger partial charge in [-0.1, -0.05) is 38.1 Å². The first kappa shape index (κ1) is 67.9. The van der Waals surface area contributed by atoms with E-state index in [1.54, 1.807) is 23.6 Å². The van der Waals surface area contributed by atoms with Gasteiger partial charge in [-0.2, -0.15) is 149 Å². The lowest BCUT2D eigenvalue weighted by Gasteiger charge is -2.42. The average molecular weight is 1210 g/mol. The normalized spacial score (nSPS) is 16.8. The molecular formula is C42H36F34N2. The van der Waals surface area contributed by atoms with E-state index in [9.17, 15) is 149 Å². The van der Waals surface area contributed by atoms with Gasteiger partial charge in [-0.15, -0.1) is 0 Å². The number of anilines is 2. The summed E-state index contributed by atoms with van der Waals surface area (Å²) in [6.45, 7) is 7.74. The Morgan fingerprint density at radius 2 is 0.526 bits per heavy atom. The van der Waals surface area contributed by atoms with Gasteiger partial charge in [0, 0.05) is 37.3 Å². The standard InChI is InChI=1S/C42H36F34N2/c1-17(2)26-77(24-18(3)13-22(14-19(24)4)7-9-27(43,44)29(47,48)31(51,52)33(55,56)35(59,60)37(63,64)39(67,68)41(71,72)73)11-12-78(26)25-20(5)15-23(16-21(25)6)8-10-28(45,46)30(49,50)32(53,54)34(57,58)36(61,62)38(65,66)40(69,70)42(74,75)76/h13-17,26H,7-12H2,1-6H3. The van der Waals surface area contributed by atoms with Gasteiger partial charge >= 0.3 is 95.3 Å². The van der Waals surface area contributed by atoms with Gasteiger partial charge in [-0.25, -0.2) is 0 Å². The predicted molar refractivity (Wildman–Crippen MR) is 203 cm³/mol. The molecule has 0 aliphatic carbocycles. The van der Waals surface area contributed by atoms with Gasteiger partial charge in [-0.05, 0) is 79.8 Å². The number of aryl methyl sites for hydroxylation is 6. The molecule has 0 aromatic heterocycles. The number of alkyl halides is 34. The summed E-state index contributed by atoms with van der Waals surface area (Å²) in [7, 11) is 0. The highest BCUT2D eigenvalue weighted by Crippen LogP contribution is 2.66. The van der Waals surface area contributed by atoms with Crippen molar-refractivity contribution in [2.75, 3.05) is 22.9 Å². The van der Waals surface area contributed by atoms with E-state index in [1.807, 2.05) is 0 Å². The topological polar surface area (TPSA) is 6.48 Å². The van der Waals surface area contributed by atoms with Crippen LogP contribution >= 0.6 is 0 Å². The Kier molecular flexibility index (Phi) is 17.1. The van der Waals surface area contributed by atoms with E-state index < -0.39 is 144 Å². The number of rotatable bonds is 21. The minimum atomic E-state index is -8.81. The fourth-order valence-electron chi connectivity index (χ4n) is 8.45. The van der Waals surface area contributed by atoms with E-state index in [0.717, 1.165) is 24.3 Å². The van der Waals surface area contributed by atoms with Crippen LogP contribution in [0.2, 0.25) is 0 Å². The van der Waals surface area contributed by atoms with Crippen molar-refractivity contribution in [3.05, 3.63) is 57.6 Å². The summed E-state index contributed by atoms with van der Waals surface area (Å²) >= 11 is 0. The van der Waals surface area contributed by atoms with Crippen molar-refractivity contribution >= 4 is 11.4 Å². The minimum Gasteiger partial charge on any atom is -0.349 e. The summed E-state index contributed by atoms with van der Waals surface area (Å²) in [5, 5.41) is 0. The predicted octanol–water partition coefficient (Wildman–Crippen LogP) is 17.1. The van der Waals surface area contributed by atoms with E-state index in [0.29, 0.717) is 0 Å². The fraction of sp³-hybridized carbons (Fsp3) is 0.714. The average Bonchev–Trinajstić information content (AvgIpc) is 3.67. The monoisotopic (exact) mass is 1210 g/mol. The summed E-state index contributed by atoms with van der Waals surface area (Å²) in [5.41, 5.74) is -0.892. The van der Waals surface area contributed by atoms with Gasteiger partial charge in [0.25, 0.3) is 0 Å². The quantitative estimate of drug-likeness (QED) is 0.115. The van der Waals surface area contributed by atoms with Gasteiger partial charge in [-0.3, -0.25) is 0 Å². The molecule has 1 saturated heterocycles. The van der Waals surface area contributed by atoms with Gasteiger partial charge in [0.2, 0.25) is 0 Å². The van der Waals surface area contributed by atoms with Gasteiger partial charge in [0.1, 0.15) is 6.17 Å². The zero-order chi connectivity index (χ0) is 62.0. The van der Waals surface area contributed by atoms with Crippen molar-refractivity contribution < 1.29 is 149 Å². The van der Waals surface area contributed by atoms with Crippen LogP contribution in [0.15, 0.2) is 24.3 Å². The molecule has 0 atom stereocenters. The van der Waals surface area contributed by atoms with Gasteiger partial charge in [0.15, 0.2) is 0 Å². The van der Waals surface area contributed by atoms with Gasteiger partial charge in [0.05, 0.1) is 0 Å². The zero-order valence-electron chi connectivity index (χ0n) is 39.5. The maximum absolute atomic E-state index is 14.8. The Hall–Kier alpha value is -4.34. The van der Waals surface area contributed by atoms with E-state index in [4.69, 9.17) is 0 Å². The molecule has 1 fully saturated rings. The van der Waals surface area contributed by atoms with Crippen molar-refractivity contribution in [1.29, 1.82) is 0 Å². The highest BCUT2D eigenvalue weighted by Gasteiger charge is 2.97. The molecule has 1 aliphatic heterocycles. The first-order valence-corrected chi connectivity index (χ1v) is 21.2. The molecule has 78 heavy (non-hydrogen) atoms. The summed E-state index contributed by atoms with van der Waals surface area (Å²) in [5.74, 6) is -116. The molecule has 0 amide bonds. The molecule has 2 nitrogen and oxygen atoms in total. The summed E-state index contributed by atoms with van der Waals surface area (Å²) < 4.78 is 469. The first-order valence-electron chi connectivity index (χ1n) is 21.2. The number of halogens is 34. The molecule has 36 heteroatoms. The highest BCUT2D eigenvalue weighted by atomic mass is 19.4. The molecule has 0 unspecified atom stereocenters. The third kappa shape index (κ3) is 9.84. The molecule has 0 radical (unpaired) electrons. The Labute approximate surface area is 416 Å². The zero-order valence-corrected chi connectivity index (χ0v) is 39.5. The lowest BCUT2D eigenvalue weighted by atomic mass is 9.87. The third-order valence-corrected chi connectivity index (χ3v) is 12.5. The molecule has 0 saturated carbocycles. The minimum absolute atomic E-state index is 0.0153. The van der Waals surface area contributed by atoms with Crippen LogP contribution < -0.4 is 9.80 Å².